The molecule has 3 atom stereocenters. The number of carbonyl (C=O) groups is 1. The Morgan fingerprint density at radius 1 is 1.30 bits per heavy atom. The summed E-state index contributed by atoms with van der Waals surface area (Å²) < 4.78 is 5.77. The van der Waals surface area contributed by atoms with Gasteiger partial charge in [0.1, 0.15) is 0 Å². The first kappa shape index (κ1) is 22.0. The molecule has 1 aromatic rings. The van der Waals surface area contributed by atoms with Gasteiger partial charge in [-0.3, -0.25) is 4.79 Å². The SMILES string of the molecule is CC1CN(c2ccccc2NC(=O)C(C)CN)CC(C)O1.Cl.Cl. The van der Waals surface area contributed by atoms with E-state index >= 15 is 0 Å². The van der Waals surface area contributed by atoms with Crippen molar-refractivity contribution in [2.24, 2.45) is 11.7 Å². The van der Waals surface area contributed by atoms with Gasteiger partial charge in [0.2, 0.25) is 5.91 Å². The first-order valence-electron chi connectivity index (χ1n) is 7.51. The number of rotatable bonds is 4. The van der Waals surface area contributed by atoms with Crippen molar-refractivity contribution in [3.63, 3.8) is 0 Å². The number of hydrogen-bond donors (Lipinski definition) is 2. The molecule has 1 saturated heterocycles. The third kappa shape index (κ3) is 5.84. The Kier molecular flexibility index (Phi) is 9.54. The van der Waals surface area contributed by atoms with Gasteiger partial charge in [-0.15, -0.1) is 24.8 Å². The minimum atomic E-state index is -0.194. The molecule has 3 N–H and O–H groups in total. The fraction of sp³-hybridized carbons (Fsp3) is 0.562. The van der Waals surface area contributed by atoms with Crippen LogP contribution in [0.1, 0.15) is 20.8 Å². The normalized spacial score (nSPS) is 21.7. The van der Waals surface area contributed by atoms with Crippen LogP contribution in [0.15, 0.2) is 24.3 Å². The summed E-state index contributed by atoms with van der Waals surface area (Å²) in [6, 6.07) is 7.89. The van der Waals surface area contributed by atoms with Crippen molar-refractivity contribution in [1.82, 2.24) is 0 Å². The molecule has 1 aromatic carbocycles. The number of nitrogens with one attached hydrogen (secondary N) is 1. The number of amides is 1. The molecule has 1 amide bonds. The fourth-order valence-electron chi connectivity index (χ4n) is 2.59. The number of ether oxygens (including phenoxy) is 1. The number of morpholine rings is 1. The van der Waals surface area contributed by atoms with E-state index < -0.39 is 0 Å². The second kappa shape index (κ2) is 9.98. The Bertz CT molecular complexity index is 492. The number of nitrogens with zero attached hydrogens (tertiary/aromatic N) is 1. The average Bonchev–Trinajstić information content (AvgIpc) is 2.45. The highest BCUT2D eigenvalue weighted by molar-refractivity contribution is 5.95. The molecule has 1 aliphatic heterocycles. The Labute approximate surface area is 150 Å². The zero-order valence-electron chi connectivity index (χ0n) is 13.8. The molecular formula is C16H27Cl2N3O2. The lowest BCUT2D eigenvalue weighted by Crippen LogP contribution is -2.45. The van der Waals surface area contributed by atoms with E-state index in [1.807, 2.05) is 31.2 Å². The first-order valence-corrected chi connectivity index (χ1v) is 7.51. The maximum absolute atomic E-state index is 12.1. The summed E-state index contributed by atoms with van der Waals surface area (Å²) in [7, 11) is 0. The highest BCUT2D eigenvalue weighted by Crippen LogP contribution is 2.28. The molecule has 1 fully saturated rings. The van der Waals surface area contributed by atoms with E-state index in [9.17, 15) is 4.79 Å². The van der Waals surface area contributed by atoms with Crippen LogP contribution in [0, 0.1) is 5.92 Å². The van der Waals surface area contributed by atoms with Crippen molar-refractivity contribution in [2.45, 2.75) is 33.0 Å². The van der Waals surface area contributed by atoms with Gasteiger partial charge in [-0.1, -0.05) is 19.1 Å². The van der Waals surface area contributed by atoms with Crippen LogP contribution < -0.4 is 16.0 Å². The van der Waals surface area contributed by atoms with Gasteiger partial charge in [0.05, 0.1) is 23.6 Å². The van der Waals surface area contributed by atoms with Crippen LogP contribution in [0.2, 0.25) is 0 Å². The molecule has 5 nitrogen and oxygen atoms in total. The van der Waals surface area contributed by atoms with Crippen LogP contribution >= 0.6 is 24.8 Å². The second-order valence-electron chi connectivity index (χ2n) is 5.81. The summed E-state index contributed by atoms with van der Waals surface area (Å²) in [5.74, 6) is -0.236. The largest absolute Gasteiger partial charge is 0.372 e. The molecule has 0 spiro atoms. The minimum absolute atomic E-state index is 0. The molecule has 2 rings (SSSR count). The fourth-order valence-corrected chi connectivity index (χ4v) is 2.59. The zero-order chi connectivity index (χ0) is 15.4. The van der Waals surface area contributed by atoms with Gasteiger partial charge in [-0.25, -0.2) is 0 Å². The lowest BCUT2D eigenvalue weighted by Gasteiger charge is -2.37. The molecule has 0 radical (unpaired) electrons. The lowest BCUT2D eigenvalue weighted by molar-refractivity contribution is -0.119. The van der Waals surface area contributed by atoms with E-state index in [0.717, 1.165) is 24.5 Å². The Hall–Kier alpha value is -1.01. The maximum Gasteiger partial charge on any atom is 0.228 e. The minimum Gasteiger partial charge on any atom is -0.372 e. The van der Waals surface area contributed by atoms with E-state index in [1.165, 1.54) is 0 Å². The third-order valence-corrected chi connectivity index (χ3v) is 3.72. The second-order valence-corrected chi connectivity index (χ2v) is 5.81. The molecule has 0 saturated carbocycles. The molecule has 132 valence electrons. The number of anilines is 2. The van der Waals surface area contributed by atoms with Crippen molar-refractivity contribution in [1.29, 1.82) is 0 Å². The number of carbonyl (C=O) groups excluding carboxylic acids is 1. The summed E-state index contributed by atoms with van der Waals surface area (Å²) in [6.45, 7) is 7.96. The van der Waals surface area contributed by atoms with Gasteiger partial charge in [-0.05, 0) is 26.0 Å². The molecular weight excluding hydrogens is 337 g/mol. The molecule has 3 unspecified atom stereocenters. The number of benzene rings is 1. The standard InChI is InChI=1S/C16H25N3O2.2ClH/c1-11(8-17)16(20)18-14-6-4-5-7-15(14)19-9-12(2)21-13(3)10-19;;/h4-7,11-13H,8-10,17H2,1-3H3,(H,18,20);2*1H. The molecule has 7 heteroatoms. The van der Waals surface area contributed by atoms with Crippen LogP contribution in [0.3, 0.4) is 0 Å². The van der Waals surface area contributed by atoms with Crippen molar-refractivity contribution in [3.8, 4) is 0 Å². The van der Waals surface area contributed by atoms with E-state index in [2.05, 4.69) is 24.1 Å². The van der Waals surface area contributed by atoms with Gasteiger partial charge in [0.15, 0.2) is 0 Å². The van der Waals surface area contributed by atoms with E-state index in [4.69, 9.17) is 10.5 Å². The average molecular weight is 364 g/mol. The summed E-state index contributed by atoms with van der Waals surface area (Å²) in [5, 5.41) is 2.99. The summed E-state index contributed by atoms with van der Waals surface area (Å²) in [6.07, 6.45) is 0.362. The van der Waals surface area contributed by atoms with Crippen LogP contribution in [-0.4, -0.2) is 37.7 Å². The number of halogens is 2. The maximum atomic E-state index is 12.1. The first-order chi connectivity index (χ1) is 10.0. The quantitative estimate of drug-likeness (QED) is 0.862. The number of para-hydroxylation sites is 2. The predicted molar refractivity (Wildman–Crippen MR) is 100 cm³/mol. The van der Waals surface area contributed by atoms with Crippen LogP contribution in [0.4, 0.5) is 11.4 Å². The van der Waals surface area contributed by atoms with Gasteiger partial charge >= 0.3 is 0 Å². The lowest BCUT2D eigenvalue weighted by atomic mass is 10.1. The van der Waals surface area contributed by atoms with Crippen molar-refractivity contribution < 1.29 is 9.53 Å². The van der Waals surface area contributed by atoms with Crippen LogP contribution in [0.5, 0.6) is 0 Å². The van der Waals surface area contributed by atoms with Crippen LogP contribution in [0.25, 0.3) is 0 Å². The molecule has 1 aliphatic rings. The van der Waals surface area contributed by atoms with Crippen molar-refractivity contribution in [3.05, 3.63) is 24.3 Å². The third-order valence-electron chi connectivity index (χ3n) is 3.72. The van der Waals surface area contributed by atoms with Gasteiger partial charge in [0.25, 0.3) is 0 Å². The molecule has 23 heavy (non-hydrogen) atoms. The summed E-state index contributed by atoms with van der Waals surface area (Å²) in [5.41, 5.74) is 7.43. The van der Waals surface area contributed by atoms with Gasteiger partial charge < -0.3 is 20.7 Å². The van der Waals surface area contributed by atoms with Crippen LogP contribution in [-0.2, 0) is 9.53 Å². The number of nitrogens with two attached hydrogens (primary N) is 1. The van der Waals surface area contributed by atoms with E-state index in [-0.39, 0.29) is 48.8 Å². The van der Waals surface area contributed by atoms with Gasteiger partial charge in [-0.2, -0.15) is 0 Å². The monoisotopic (exact) mass is 363 g/mol. The summed E-state index contributed by atoms with van der Waals surface area (Å²) in [4.78, 5) is 14.3. The van der Waals surface area contributed by atoms with E-state index in [1.54, 1.807) is 0 Å². The zero-order valence-corrected chi connectivity index (χ0v) is 15.5. The summed E-state index contributed by atoms with van der Waals surface area (Å²) >= 11 is 0. The number of hydrogen-bond acceptors (Lipinski definition) is 4. The predicted octanol–water partition coefficient (Wildman–Crippen LogP) is 2.68. The molecule has 0 aromatic heterocycles. The Morgan fingerprint density at radius 2 is 1.87 bits per heavy atom. The highest BCUT2D eigenvalue weighted by Gasteiger charge is 2.24. The Balaban J connectivity index is 0.00000242. The highest BCUT2D eigenvalue weighted by atomic mass is 35.5. The molecule has 0 bridgehead atoms. The van der Waals surface area contributed by atoms with Gasteiger partial charge in [0, 0.05) is 25.6 Å². The van der Waals surface area contributed by atoms with Crippen molar-refractivity contribution in [2.75, 3.05) is 29.9 Å². The van der Waals surface area contributed by atoms with Crippen molar-refractivity contribution >= 4 is 42.1 Å². The topological polar surface area (TPSA) is 67.6 Å². The Morgan fingerprint density at radius 3 is 2.43 bits per heavy atom. The molecule has 0 aliphatic carbocycles. The smallest absolute Gasteiger partial charge is 0.228 e. The molecule has 1 heterocycles. The van der Waals surface area contributed by atoms with E-state index in [0.29, 0.717) is 6.54 Å².